The van der Waals surface area contributed by atoms with Gasteiger partial charge in [0.15, 0.2) is 5.96 Å². The smallest absolute Gasteiger partial charge is 0.194 e. The highest BCUT2D eigenvalue weighted by Gasteiger charge is 2.30. The summed E-state index contributed by atoms with van der Waals surface area (Å²) in [5, 5.41) is 5.77. The minimum atomic E-state index is 0.472. The minimum Gasteiger partial charge on any atom is -0.379 e. The molecule has 0 bridgehead atoms. The molecule has 0 spiro atoms. The van der Waals surface area contributed by atoms with Crippen LogP contribution in [0.3, 0.4) is 0 Å². The number of nitrogens with zero attached hydrogens (tertiary/aromatic N) is 4. The van der Waals surface area contributed by atoms with E-state index in [9.17, 15) is 0 Å². The topological polar surface area (TPSA) is 43.3 Å². The average molecular weight is 406 g/mol. The third-order valence-electron chi connectivity index (χ3n) is 6.33. The van der Waals surface area contributed by atoms with Crippen LogP contribution in [0.5, 0.6) is 0 Å². The lowest BCUT2D eigenvalue weighted by Crippen LogP contribution is -2.47. The van der Waals surface area contributed by atoms with E-state index in [4.69, 9.17) is 9.73 Å². The van der Waals surface area contributed by atoms with E-state index in [1.807, 2.05) is 11.3 Å². The van der Waals surface area contributed by atoms with Crippen molar-refractivity contribution in [1.29, 1.82) is 0 Å². The summed E-state index contributed by atoms with van der Waals surface area (Å²) in [5.74, 6) is 1.10. The summed E-state index contributed by atoms with van der Waals surface area (Å²) >= 11 is 1.91. The van der Waals surface area contributed by atoms with Gasteiger partial charge >= 0.3 is 0 Å². The van der Waals surface area contributed by atoms with Gasteiger partial charge in [-0.15, -0.1) is 11.3 Å². The number of ether oxygens (including phenoxy) is 1. The summed E-state index contributed by atoms with van der Waals surface area (Å²) in [7, 11) is 0. The van der Waals surface area contributed by atoms with E-state index in [0.717, 1.165) is 71.5 Å². The van der Waals surface area contributed by atoms with Crippen LogP contribution in [0.2, 0.25) is 0 Å². The molecule has 2 unspecified atom stereocenters. The Balaban J connectivity index is 1.33. The molecule has 1 N–H and O–H groups in total. The molecule has 4 rings (SSSR count). The fourth-order valence-corrected chi connectivity index (χ4v) is 5.47. The fourth-order valence-electron chi connectivity index (χ4n) is 4.58. The summed E-state index contributed by atoms with van der Waals surface area (Å²) < 4.78 is 5.52. The maximum atomic E-state index is 5.52. The van der Waals surface area contributed by atoms with Crippen molar-refractivity contribution in [2.24, 2.45) is 4.99 Å². The number of aliphatic imine (C=N–C) groups is 1. The predicted octanol–water partition coefficient (Wildman–Crippen LogP) is 1.87. The number of rotatable bonds is 5. The van der Waals surface area contributed by atoms with Gasteiger partial charge in [0, 0.05) is 62.8 Å². The largest absolute Gasteiger partial charge is 0.379 e. The van der Waals surface area contributed by atoms with Gasteiger partial charge in [-0.1, -0.05) is 0 Å². The molecule has 3 aliphatic heterocycles. The Labute approximate surface area is 173 Å². The Kier molecular flexibility index (Phi) is 6.88. The molecule has 0 saturated carbocycles. The third kappa shape index (κ3) is 4.70. The van der Waals surface area contributed by atoms with Crippen LogP contribution in [-0.2, 0) is 17.7 Å². The standard InChI is InChI=1S/C21H35N5OS/c1-3-22-21(26-7-4-19(16-26)24-9-11-27-12-10-24)23-14-17(2)25-8-5-20-18(15-25)6-13-28-20/h6,13,17,19H,3-5,7-12,14-16H2,1-2H3,(H,22,23). The first-order chi connectivity index (χ1) is 13.7. The van der Waals surface area contributed by atoms with Crippen LogP contribution in [0.4, 0.5) is 0 Å². The molecule has 0 radical (unpaired) electrons. The Morgan fingerprint density at radius 1 is 1.32 bits per heavy atom. The molecule has 3 aliphatic rings. The number of guanidine groups is 1. The number of hydrogen-bond donors (Lipinski definition) is 1. The van der Waals surface area contributed by atoms with Gasteiger partial charge in [-0.3, -0.25) is 14.8 Å². The Bertz CT molecular complexity index is 657. The van der Waals surface area contributed by atoms with Crippen LogP contribution in [-0.4, -0.2) is 91.8 Å². The van der Waals surface area contributed by atoms with Crippen molar-refractivity contribution >= 4 is 17.3 Å². The predicted molar refractivity (Wildman–Crippen MR) is 116 cm³/mol. The van der Waals surface area contributed by atoms with E-state index < -0.39 is 0 Å². The van der Waals surface area contributed by atoms with Crippen LogP contribution in [0.15, 0.2) is 16.4 Å². The van der Waals surface area contributed by atoms with Gasteiger partial charge in [0.25, 0.3) is 0 Å². The summed E-state index contributed by atoms with van der Waals surface area (Å²) in [4.78, 5) is 14.3. The molecule has 2 atom stereocenters. The zero-order chi connectivity index (χ0) is 19.3. The van der Waals surface area contributed by atoms with E-state index >= 15 is 0 Å². The van der Waals surface area contributed by atoms with Crippen molar-refractivity contribution < 1.29 is 4.74 Å². The maximum absolute atomic E-state index is 5.52. The minimum absolute atomic E-state index is 0.472. The molecule has 7 heteroatoms. The van der Waals surface area contributed by atoms with Crippen molar-refractivity contribution in [2.75, 3.05) is 59.0 Å². The average Bonchev–Trinajstić information content (AvgIpc) is 3.40. The van der Waals surface area contributed by atoms with Crippen molar-refractivity contribution in [3.05, 3.63) is 21.9 Å². The van der Waals surface area contributed by atoms with E-state index in [-0.39, 0.29) is 0 Å². The first kappa shape index (κ1) is 20.1. The van der Waals surface area contributed by atoms with Crippen LogP contribution in [0.25, 0.3) is 0 Å². The monoisotopic (exact) mass is 405 g/mol. The molecular weight excluding hydrogens is 370 g/mol. The SMILES string of the molecule is CCNC(=NCC(C)N1CCc2sccc2C1)N1CCC(N2CCOCC2)C1. The first-order valence-electron chi connectivity index (χ1n) is 10.9. The highest BCUT2D eigenvalue weighted by atomic mass is 32.1. The number of fused-ring (bicyclic) bond motifs is 1. The van der Waals surface area contributed by atoms with Gasteiger partial charge in [0.2, 0.25) is 0 Å². The molecule has 4 heterocycles. The second kappa shape index (κ2) is 9.57. The summed E-state index contributed by atoms with van der Waals surface area (Å²) in [6, 6.07) is 3.41. The molecule has 28 heavy (non-hydrogen) atoms. The normalized spacial score (nSPS) is 25.7. The lowest BCUT2D eigenvalue weighted by atomic mass is 10.1. The van der Waals surface area contributed by atoms with Gasteiger partial charge in [0.1, 0.15) is 0 Å². The van der Waals surface area contributed by atoms with Gasteiger partial charge in [-0.2, -0.15) is 0 Å². The van der Waals surface area contributed by atoms with Crippen molar-refractivity contribution in [3.63, 3.8) is 0 Å². The molecule has 156 valence electrons. The lowest BCUT2D eigenvalue weighted by Gasteiger charge is -2.33. The van der Waals surface area contributed by atoms with E-state index in [1.54, 1.807) is 4.88 Å². The molecule has 0 aliphatic carbocycles. The number of nitrogens with one attached hydrogen (secondary N) is 1. The number of thiophene rings is 1. The lowest BCUT2D eigenvalue weighted by molar-refractivity contribution is 0.0195. The Morgan fingerprint density at radius 3 is 3.00 bits per heavy atom. The maximum Gasteiger partial charge on any atom is 0.194 e. The number of morpholine rings is 1. The van der Waals surface area contributed by atoms with Crippen molar-refractivity contribution in [2.45, 2.75) is 45.3 Å². The Morgan fingerprint density at radius 2 is 2.18 bits per heavy atom. The quantitative estimate of drug-likeness (QED) is 0.598. The summed E-state index contributed by atoms with van der Waals surface area (Å²) in [6.07, 6.45) is 2.42. The van der Waals surface area contributed by atoms with Crippen LogP contribution in [0.1, 0.15) is 30.7 Å². The van der Waals surface area contributed by atoms with E-state index in [2.05, 4.69) is 45.3 Å². The molecule has 6 nitrogen and oxygen atoms in total. The fraction of sp³-hybridized carbons (Fsp3) is 0.762. The van der Waals surface area contributed by atoms with Crippen LogP contribution < -0.4 is 5.32 Å². The zero-order valence-electron chi connectivity index (χ0n) is 17.4. The van der Waals surface area contributed by atoms with Crippen molar-refractivity contribution in [1.82, 2.24) is 20.0 Å². The summed E-state index contributed by atoms with van der Waals surface area (Å²) in [6.45, 7) is 14.6. The molecule has 0 aromatic carbocycles. The van der Waals surface area contributed by atoms with E-state index in [1.165, 1.54) is 18.4 Å². The second-order valence-electron chi connectivity index (χ2n) is 8.17. The number of likely N-dealkylation sites (tertiary alicyclic amines) is 1. The van der Waals surface area contributed by atoms with Crippen LogP contribution in [0, 0.1) is 0 Å². The molecule has 2 fully saturated rings. The highest BCUT2D eigenvalue weighted by molar-refractivity contribution is 7.10. The molecular formula is C21H35N5OS. The van der Waals surface area contributed by atoms with Gasteiger partial charge in [0.05, 0.1) is 19.8 Å². The van der Waals surface area contributed by atoms with Gasteiger partial charge in [-0.05, 0) is 43.7 Å². The highest BCUT2D eigenvalue weighted by Crippen LogP contribution is 2.25. The zero-order valence-corrected chi connectivity index (χ0v) is 18.2. The third-order valence-corrected chi connectivity index (χ3v) is 7.35. The molecule has 1 aromatic heterocycles. The van der Waals surface area contributed by atoms with E-state index in [0.29, 0.717) is 12.1 Å². The second-order valence-corrected chi connectivity index (χ2v) is 9.17. The van der Waals surface area contributed by atoms with Gasteiger partial charge < -0.3 is 15.0 Å². The Hall–Kier alpha value is -1.15. The summed E-state index contributed by atoms with van der Waals surface area (Å²) in [5.41, 5.74) is 1.52. The van der Waals surface area contributed by atoms with Crippen molar-refractivity contribution in [3.8, 4) is 0 Å². The van der Waals surface area contributed by atoms with Gasteiger partial charge in [-0.25, -0.2) is 0 Å². The molecule has 0 amide bonds. The van der Waals surface area contributed by atoms with Crippen LogP contribution >= 0.6 is 11.3 Å². The number of hydrogen-bond acceptors (Lipinski definition) is 5. The molecule has 2 saturated heterocycles. The first-order valence-corrected chi connectivity index (χ1v) is 11.8. The molecule has 1 aromatic rings.